The summed E-state index contributed by atoms with van der Waals surface area (Å²) in [6.07, 6.45) is 5.09. The molecule has 2 aromatic rings. The topological polar surface area (TPSA) is 3.24 Å². The minimum absolute atomic E-state index is 0.212. The van der Waals surface area contributed by atoms with Crippen molar-refractivity contribution in [2.45, 2.75) is 51.0 Å². The van der Waals surface area contributed by atoms with Gasteiger partial charge in [-0.2, -0.15) is 0 Å². The molecule has 0 spiro atoms. The summed E-state index contributed by atoms with van der Waals surface area (Å²) in [6, 6.07) is 22.6. The van der Waals surface area contributed by atoms with Crippen LogP contribution in [0.1, 0.15) is 44.2 Å². The van der Waals surface area contributed by atoms with Crippen LogP contribution in [0.4, 0.5) is 0 Å². The smallest absolute Gasteiger partial charge is 0.0144 e. The lowest BCUT2D eigenvalue weighted by Crippen LogP contribution is -2.39. The molecule has 1 atom stereocenters. The predicted molar refractivity (Wildman–Crippen MR) is 98.8 cm³/mol. The van der Waals surface area contributed by atoms with E-state index in [2.05, 4.69) is 79.4 Å². The second-order valence-electron chi connectivity index (χ2n) is 7.54. The van der Waals surface area contributed by atoms with Gasteiger partial charge in [-0.25, -0.2) is 0 Å². The molecule has 1 fully saturated rings. The fourth-order valence-electron chi connectivity index (χ4n) is 3.92. The lowest BCUT2D eigenvalue weighted by atomic mass is 9.77. The van der Waals surface area contributed by atoms with E-state index in [1.807, 2.05) is 0 Å². The molecule has 1 nitrogen and oxygen atoms in total. The summed E-state index contributed by atoms with van der Waals surface area (Å²) in [5.41, 5.74) is 3.13. The molecular weight excluding hydrogens is 278 g/mol. The van der Waals surface area contributed by atoms with Gasteiger partial charge in [0.25, 0.3) is 0 Å². The molecular formula is C22H29N. The number of hydrogen-bond acceptors (Lipinski definition) is 1. The Hall–Kier alpha value is -1.60. The van der Waals surface area contributed by atoms with Crippen LogP contribution in [0.2, 0.25) is 0 Å². The van der Waals surface area contributed by atoms with Crippen LogP contribution in [-0.4, -0.2) is 24.0 Å². The van der Waals surface area contributed by atoms with Crippen LogP contribution in [0.15, 0.2) is 60.7 Å². The van der Waals surface area contributed by atoms with Crippen LogP contribution in [0.25, 0.3) is 0 Å². The average molecular weight is 307 g/mol. The SMILES string of the molecule is CC(C)(CC(Cc1ccccc1)N1CCCC1)c1ccccc1. The van der Waals surface area contributed by atoms with Crippen LogP contribution >= 0.6 is 0 Å². The minimum atomic E-state index is 0.212. The molecule has 0 saturated carbocycles. The summed E-state index contributed by atoms with van der Waals surface area (Å²) < 4.78 is 0. The standard InChI is InChI=1S/C22H29N/c1-22(2,20-13-7-4-8-14-20)18-21(23-15-9-10-16-23)17-19-11-5-3-6-12-19/h3-8,11-14,21H,9-10,15-18H2,1-2H3. The third-order valence-electron chi connectivity index (χ3n) is 5.27. The Morgan fingerprint density at radius 2 is 1.43 bits per heavy atom. The first-order valence-corrected chi connectivity index (χ1v) is 8.99. The molecule has 0 aromatic heterocycles. The highest BCUT2D eigenvalue weighted by atomic mass is 15.2. The highest BCUT2D eigenvalue weighted by Gasteiger charge is 2.30. The maximum absolute atomic E-state index is 2.72. The Morgan fingerprint density at radius 1 is 0.870 bits per heavy atom. The van der Waals surface area contributed by atoms with Gasteiger partial charge >= 0.3 is 0 Å². The number of likely N-dealkylation sites (tertiary alicyclic amines) is 1. The summed E-state index contributed by atoms with van der Waals surface area (Å²) in [4.78, 5) is 2.72. The molecule has 1 heteroatoms. The molecule has 1 saturated heterocycles. The highest BCUT2D eigenvalue weighted by molar-refractivity contribution is 5.24. The molecule has 0 bridgehead atoms. The van der Waals surface area contributed by atoms with Gasteiger partial charge in [-0.1, -0.05) is 74.5 Å². The summed E-state index contributed by atoms with van der Waals surface area (Å²) in [7, 11) is 0. The van der Waals surface area contributed by atoms with Gasteiger partial charge < -0.3 is 4.90 Å². The quantitative estimate of drug-likeness (QED) is 0.721. The Morgan fingerprint density at radius 3 is 2.04 bits per heavy atom. The first-order valence-electron chi connectivity index (χ1n) is 8.99. The van der Waals surface area contributed by atoms with Crippen molar-refractivity contribution in [3.05, 3.63) is 71.8 Å². The largest absolute Gasteiger partial charge is 0.300 e. The van der Waals surface area contributed by atoms with Gasteiger partial charge in [0, 0.05) is 6.04 Å². The van der Waals surface area contributed by atoms with Crippen LogP contribution in [0.5, 0.6) is 0 Å². The molecule has 0 radical (unpaired) electrons. The predicted octanol–water partition coefficient (Wildman–Crippen LogP) is 5.06. The molecule has 2 aromatic carbocycles. The maximum atomic E-state index is 2.72. The van der Waals surface area contributed by atoms with Gasteiger partial charge in [0.05, 0.1) is 0 Å². The molecule has 1 aliphatic heterocycles. The molecule has 23 heavy (non-hydrogen) atoms. The van der Waals surface area contributed by atoms with E-state index in [1.165, 1.54) is 43.5 Å². The zero-order chi connectivity index (χ0) is 16.1. The molecule has 1 aliphatic rings. The first kappa shape index (κ1) is 16.3. The molecule has 3 rings (SSSR count). The number of nitrogens with zero attached hydrogens (tertiary/aromatic N) is 1. The van der Waals surface area contributed by atoms with E-state index in [-0.39, 0.29) is 5.41 Å². The second kappa shape index (κ2) is 7.31. The van der Waals surface area contributed by atoms with E-state index >= 15 is 0 Å². The van der Waals surface area contributed by atoms with Gasteiger partial charge in [0.15, 0.2) is 0 Å². The van der Waals surface area contributed by atoms with Gasteiger partial charge in [0.1, 0.15) is 0 Å². The second-order valence-corrected chi connectivity index (χ2v) is 7.54. The van der Waals surface area contributed by atoms with Gasteiger partial charge in [-0.05, 0) is 55.3 Å². The van der Waals surface area contributed by atoms with Crippen LogP contribution in [0.3, 0.4) is 0 Å². The van der Waals surface area contributed by atoms with Crippen molar-refractivity contribution < 1.29 is 0 Å². The Bertz CT molecular complexity index is 582. The van der Waals surface area contributed by atoms with E-state index < -0.39 is 0 Å². The van der Waals surface area contributed by atoms with E-state index in [0.29, 0.717) is 6.04 Å². The van der Waals surface area contributed by atoms with Gasteiger partial charge in [-0.3, -0.25) is 0 Å². The van der Waals surface area contributed by atoms with E-state index in [0.717, 1.165) is 6.42 Å². The first-order chi connectivity index (χ1) is 11.1. The maximum Gasteiger partial charge on any atom is 0.0144 e. The Labute approximate surface area is 141 Å². The van der Waals surface area contributed by atoms with E-state index in [1.54, 1.807) is 0 Å². The van der Waals surface area contributed by atoms with Gasteiger partial charge in [0.2, 0.25) is 0 Å². The minimum Gasteiger partial charge on any atom is -0.300 e. The number of benzene rings is 2. The Kier molecular flexibility index (Phi) is 5.17. The molecule has 1 heterocycles. The molecule has 0 amide bonds. The summed E-state index contributed by atoms with van der Waals surface area (Å²) >= 11 is 0. The number of rotatable bonds is 6. The third kappa shape index (κ3) is 4.23. The molecule has 0 N–H and O–H groups in total. The highest BCUT2D eigenvalue weighted by Crippen LogP contribution is 2.32. The lowest BCUT2D eigenvalue weighted by Gasteiger charge is -2.35. The molecule has 0 aliphatic carbocycles. The normalized spacial score (nSPS) is 17.3. The van der Waals surface area contributed by atoms with E-state index in [9.17, 15) is 0 Å². The zero-order valence-electron chi connectivity index (χ0n) is 14.5. The van der Waals surface area contributed by atoms with Crippen molar-refractivity contribution in [1.82, 2.24) is 4.90 Å². The number of hydrogen-bond donors (Lipinski definition) is 0. The fraction of sp³-hybridized carbons (Fsp3) is 0.455. The lowest BCUT2D eigenvalue weighted by molar-refractivity contribution is 0.199. The average Bonchev–Trinajstić information content (AvgIpc) is 3.10. The van der Waals surface area contributed by atoms with Crippen molar-refractivity contribution in [3.8, 4) is 0 Å². The zero-order valence-corrected chi connectivity index (χ0v) is 14.5. The van der Waals surface area contributed by atoms with Gasteiger partial charge in [-0.15, -0.1) is 0 Å². The van der Waals surface area contributed by atoms with Crippen LogP contribution in [0, 0.1) is 0 Å². The van der Waals surface area contributed by atoms with Crippen LogP contribution < -0.4 is 0 Å². The van der Waals surface area contributed by atoms with Crippen molar-refractivity contribution in [3.63, 3.8) is 0 Å². The summed E-state index contributed by atoms with van der Waals surface area (Å²) in [6.45, 7) is 7.33. The fourth-order valence-corrected chi connectivity index (χ4v) is 3.92. The van der Waals surface area contributed by atoms with Crippen molar-refractivity contribution in [2.75, 3.05) is 13.1 Å². The van der Waals surface area contributed by atoms with E-state index in [4.69, 9.17) is 0 Å². The van der Waals surface area contributed by atoms with Crippen molar-refractivity contribution in [2.24, 2.45) is 0 Å². The van der Waals surface area contributed by atoms with Crippen molar-refractivity contribution >= 4 is 0 Å². The monoisotopic (exact) mass is 307 g/mol. The third-order valence-corrected chi connectivity index (χ3v) is 5.27. The molecule has 122 valence electrons. The van der Waals surface area contributed by atoms with Crippen molar-refractivity contribution in [1.29, 1.82) is 0 Å². The van der Waals surface area contributed by atoms with Crippen LogP contribution in [-0.2, 0) is 11.8 Å². The summed E-state index contributed by atoms with van der Waals surface area (Å²) in [5, 5.41) is 0. The molecule has 1 unspecified atom stereocenters. The summed E-state index contributed by atoms with van der Waals surface area (Å²) in [5.74, 6) is 0. The Balaban J connectivity index is 1.78.